The summed E-state index contributed by atoms with van der Waals surface area (Å²) in [4.78, 5) is 0. The molecule has 0 amide bonds. The predicted octanol–water partition coefficient (Wildman–Crippen LogP) is 4.87. The number of rotatable bonds is 4. The van der Waals surface area contributed by atoms with Gasteiger partial charge in [-0.2, -0.15) is 5.10 Å². The summed E-state index contributed by atoms with van der Waals surface area (Å²) in [6.07, 6.45) is 0. The second-order valence-corrected chi connectivity index (χ2v) is 13.6. The van der Waals surface area contributed by atoms with Crippen LogP contribution in [0.4, 0.5) is 0 Å². The van der Waals surface area contributed by atoms with Crippen molar-refractivity contribution in [3.8, 4) is 11.3 Å². The molecule has 6 heteroatoms. The highest BCUT2D eigenvalue weighted by molar-refractivity contribution is 6.74. The monoisotopic (exact) mass is 377 g/mol. The zero-order valence-corrected chi connectivity index (χ0v) is 17.5. The van der Waals surface area contributed by atoms with E-state index in [9.17, 15) is 0 Å². The fourth-order valence-electron chi connectivity index (χ4n) is 2.77. The molecule has 1 aromatic carbocycles. The van der Waals surface area contributed by atoms with Crippen molar-refractivity contribution in [1.82, 2.24) is 15.1 Å². The molecule has 0 bridgehead atoms. The molecule has 1 N–H and O–H groups in total. The molecule has 0 radical (unpaired) electrons. The van der Waals surface area contributed by atoms with E-state index < -0.39 is 8.32 Å². The van der Waals surface area contributed by atoms with Crippen LogP contribution >= 0.6 is 11.6 Å². The third-order valence-electron chi connectivity index (χ3n) is 5.41. The number of nitrogens with zero attached hydrogens (tertiary/aromatic N) is 2. The summed E-state index contributed by atoms with van der Waals surface area (Å²) in [6.45, 7) is 13.8. The molecule has 1 aromatic heterocycles. The van der Waals surface area contributed by atoms with Gasteiger partial charge in [0, 0.05) is 23.7 Å². The van der Waals surface area contributed by atoms with Crippen LogP contribution in [0.1, 0.15) is 32.5 Å². The van der Waals surface area contributed by atoms with Crippen molar-refractivity contribution in [2.75, 3.05) is 13.2 Å². The molecule has 0 spiro atoms. The molecular formula is C19H28ClN3OSi. The molecular weight excluding hydrogens is 350 g/mol. The zero-order valence-electron chi connectivity index (χ0n) is 15.8. The van der Waals surface area contributed by atoms with Crippen LogP contribution in [0.25, 0.3) is 11.3 Å². The lowest BCUT2D eigenvalue weighted by atomic mass is 10.1. The number of fused-ring (bicyclic) bond motifs is 1. The molecule has 1 aliphatic rings. The van der Waals surface area contributed by atoms with Crippen LogP contribution in [-0.4, -0.2) is 31.2 Å². The molecule has 0 saturated carbocycles. The van der Waals surface area contributed by atoms with Crippen molar-refractivity contribution >= 4 is 19.9 Å². The van der Waals surface area contributed by atoms with E-state index in [2.05, 4.69) is 56.0 Å². The Morgan fingerprint density at radius 3 is 2.76 bits per heavy atom. The average molecular weight is 378 g/mol. The van der Waals surface area contributed by atoms with Crippen molar-refractivity contribution < 1.29 is 4.43 Å². The molecule has 2 aromatic rings. The third-order valence-corrected chi connectivity index (χ3v) is 10.1. The molecule has 1 unspecified atom stereocenters. The number of benzene rings is 1. The Balaban J connectivity index is 1.80. The molecule has 25 heavy (non-hydrogen) atoms. The highest BCUT2D eigenvalue weighted by atomic mass is 35.5. The van der Waals surface area contributed by atoms with Gasteiger partial charge < -0.3 is 9.74 Å². The molecule has 3 rings (SSSR count). The largest absolute Gasteiger partial charge is 0.415 e. The van der Waals surface area contributed by atoms with Gasteiger partial charge in [-0.25, -0.2) is 0 Å². The maximum atomic E-state index is 6.44. The van der Waals surface area contributed by atoms with Gasteiger partial charge in [-0.3, -0.25) is 4.68 Å². The summed E-state index contributed by atoms with van der Waals surface area (Å²) in [5.74, 6) is 0. The summed E-state index contributed by atoms with van der Waals surface area (Å²) in [5.41, 5.74) is 3.22. The van der Waals surface area contributed by atoms with Crippen LogP contribution in [0.15, 0.2) is 30.3 Å². The van der Waals surface area contributed by atoms with Gasteiger partial charge in [-0.05, 0) is 36.3 Å². The number of hydrogen-bond acceptors (Lipinski definition) is 3. The van der Waals surface area contributed by atoms with Crippen molar-refractivity contribution in [2.24, 2.45) is 0 Å². The van der Waals surface area contributed by atoms with Gasteiger partial charge >= 0.3 is 0 Å². The van der Waals surface area contributed by atoms with Crippen LogP contribution in [-0.2, 0) is 11.0 Å². The Bertz CT molecular complexity index is 751. The standard InChI is InChI=1S/C19H28ClN3OSi/c1-19(2,3)25(4,5)24-13-17-12-21-11-16-10-18(22-23(16)17)14-7-6-8-15(20)9-14/h6-10,17,21H,11-13H2,1-5H3. The lowest BCUT2D eigenvalue weighted by Gasteiger charge is -2.38. The van der Waals surface area contributed by atoms with Crippen LogP contribution in [0, 0.1) is 0 Å². The summed E-state index contributed by atoms with van der Waals surface area (Å²) < 4.78 is 8.58. The lowest BCUT2D eigenvalue weighted by molar-refractivity contribution is 0.203. The van der Waals surface area contributed by atoms with E-state index in [0.717, 1.165) is 29.4 Å². The van der Waals surface area contributed by atoms with Crippen LogP contribution < -0.4 is 5.32 Å². The third kappa shape index (κ3) is 4.00. The Hall–Kier alpha value is -1.14. The van der Waals surface area contributed by atoms with E-state index in [4.69, 9.17) is 21.1 Å². The van der Waals surface area contributed by atoms with Crippen LogP contribution in [0.5, 0.6) is 0 Å². The minimum absolute atomic E-state index is 0.216. The summed E-state index contributed by atoms with van der Waals surface area (Å²) in [7, 11) is -1.76. The first-order valence-corrected chi connectivity index (χ1v) is 12.1. The fourth-order valence-corrected chi connectivity index (χ4v) is 4.01. The molecule has 2 heterocycles. The second kappa shape index (κ2) is 6.87. The predicted molar refractivity (Wildman–Crippen MR) is 107 cm³/mol. The van der Waals surface area contributed by atoms with Gasteiger partial charge in [0.2, 0.25) is 0 Å². The quantitative estimate of drug-likeness (QED) is 0.772. The topological polar surface area (TPSA) is 39.1 Å². The molecule has 1 atom stereocenters. The van der Waals surface area contributed by atoms with E-state index in [1.54, 1.807) is 0 Å². The number of nitrogens with one attached hydrogen (secondary N) is 1. The smallest absolute Gasteiger partial charge is 0.192 e. The maximum Gasteiger partial charge on any atom is 0.192 e. The molecule has 1 aliphatic heterocycles. The first kappa shape index (κ1) is 18.6. The summed E-state index contributed by atoms with van der Waals surface area (Å²) in [6, 6.07) is 10.2. The molecule has 0 fully saturated rings. The summed E-state index contributed by atoms with van der Waals surface area (Å²) >= 11 is 6.13. The van der Waals surface area contributed by atoms with E-state index in [-0.39, 0.29) is 11.1 Å². The minimum Gasteiger partial charge on any atom is -0.415 e. The molecule has 0 aliphatic carbocycles. The molecule has 4 nitrogen and oxygen atoms in total. The maximum absolute atomic E-state index is 6.44. The second-order valence-electron chi connectivity index (χ2n) is 8.33. The van der Waals surface area contributed by atoms with Gasteiger partial charge in [0.1, 0.15) is 0 Å². The first-order chi connectivity index (χ1) is 11.7. The van der Waals surface area contributed by atoms with Gasteiger partial charge in [0.05, 0.1) is 24.0 Å². The Kier molecular flexibility index (Phi) is 5.13. The molecule has 136 valence electrons. The highest BCUT2D eigenvalue weighted by Crippen LogP contribution is 2.37. The van der Waals surface area contributed by atoms with E-state index in [1.807, 2.05) is 18.2 Å². The fraction of sp³-hybridized carbons (Fsp3) is 0.526. The Labute approximate surface area is 156 Å². The summed E-state index contributed by atoms with van der Waals surface area (Å²) in [5, 5.41) is 9.30. The number of aromatic nitrogens is 2. The molecule has 0 saturated heterocycles. The SMILES string of the molecule is CC(C)(C)[Si](C)(C)OCC1CNCc2cc(-c3cccc(Cl)c3)nn21. The van der Waals surface area contributed by atoms with Crippen molar-refractivity contribution in [3.05, 3.63) is 41.0 Å². The van der Waals surface area contributed by atoms with Crippen molar-refractivity contribution in [2.45, 2.75) is 51.5 Å². The van der Waals surface area contributed by atoms with E-state index in [0.29, 0.717) is 6.61 Å². The van der Waals surface area contributed by atoms with Gasteiger partial charge in [-0.15, -0.1) is 0 Å². The van der Waals surface area contributed by atoms with Gasteiger partial charge in [0.25, 0.3) is 0 Å². The van der Waals surface area contributed by atoms with Crippen LogP contribution in [0.3, 0.4) is 0 Å². The Morgan fingerprint density at radius 2 is 2.08 bits per heavy atom. The van der Waals surface area contributed by atoms with Gasteiger partial charge in [-0.1, -0.05) is 44.5 Å². The average Bonchev–Trinajstić information content (AvgIpc) is 2.96. The van der Waals surface area contributed by atoms with Gasteiger partial charge in [0.15, 0.2) is 8.32 Å². The normalized spacial score (nSPS) is 18.2. The van der Waals surface area contributed by atoms with Crippen molar-refractivity contribution in [1.29, 1.82) is 0 Å². The van der Waals surface area contributed by atoms with Crippen LogP contribution in [0.2, 0.25) is 23.2 Å². The number of halogens is 1. The highest BCUT2D eigenvalue weighted by Gasteiger charge is 2.38. The Morgan fingerprint density at radius 1 is 1.32 bits per heavy atom. The zero-order chi connectivity index (χ0) is 18.2. The number of hydrogen-bond donors (Lipinski definition) is 1. The lowest BCUT2D eigenvalue weighted by Crippen LogP contribution is -2.44. The first-order valence-electron chi connectivity index (χ1n) is 8.86. The van der Waals surface area contributed by atoms with Crippen molar-refractivity contribution in [3.63, 3.8) is 0 Å². The van der Waals surface area contributed by atoms with E-state index >= 15 is 0 Å². The minimum atomic E-state index is -1.76. The van der Waals surface area contributed by atoms with E-state index in [1.165, 1.54) is 5.69 Å².